The minimum Gasteiger partial charge on any atom is -0.342 e. The maximum Gasteiger partial charge on any atom is 0.157 e. The normalized spacial score (nSPS) is 10.4. The summed E-state index contributed by atoms with van der Waals surface area (Å²) in [6, 6.07) is 1.81. The van der Waals surface area contributed by atoms with Crippen molar-refractivity contribution in [1.82, 2.24) is 19.9 Å². The van der Waals surface area contributed by atoms with Gasteiger partial charge in [0.25, 0.3) is 0 Å². The summed E-state index contributed by atoms with van der Waals surface area (Å²) in [7, 11) is 0. The van der Waals surface area contributed by atoms with Crippen molar-refractivity contribution in [3.8, 4) is 11.5 Å². The molecule has 0 aliphatic rings. The fraction of sp³-hybridized carbons (Fsp3) is 0.273. The molecule has 0 radical (unpaired) electrons. The van der Waals surface area contributed by atoms with E-state index >= 15 is 0 Å². The van der Waals surface area contributed by atoms with E-state index < -0.39 is 0 Å². The predicted octanol–water partition coefficient (Wildman–Crippen LogP) is 2.47. The molecular formula is C11H12N4S. The van der Waals surface area contributed by atoms with Crippen LogP contribution >= 0.6 is 12.2 Å². The highest BCUT2D eigenvalue weighted by Crippen LogP contribution is 2.14. The lowest BCUT2D eigenvalue weighted by atomic mass is 10.2. The first-order valence-electron chi connectivity index (χ1n) is 5.08. The van der Waals surface area contributed by atoms with E-state index in [1.165, 1.54) is 6.33 Å². The molecule has 5 heteroatoms. The van der Waals surface area contributed by atoms with Crippen LogP contribution in [0.4, 0.5) is 0 Å². The second-order valence-electron chi connectivity index (χ2n) is 3.44. The molecule has 1 N–H and O–H groups in total. The summed E-state index contributed by atoms with van der Waals surface area (Å²) < 4.78 is 0.629. The summed E-state index contributed by atoms with van der Waals surface area (Å²) in [5.41, 5.74) is 2.90. The zero-order valence-corrected chi connectivity index (χ0v) is 10.0. The number of hydrogen-bond acceptors (Lipinski definition) is 4. The first-order valence-corrected chi connectivity index (χ1v) is 5.49. The number of aromatic nitrogens is 4. The van der Waals surface area contributed by atoms with E-state index in [1.807, 2.05) is 13.0 Å². The number of H-pyrrole nitrogens is 1. The van der Waals surface area contributed by atoms with Crippen molar-refractivity contribution >= 4 is 12.2 Å². The smallest absolute Gasteiger partial charge is 0.157 e. The molecule has 0 saturated carbocycles. The first kappa shape index (κ1) is 10.9. The maximum absolute atomic E-state index is 5.22. The molecule has 0 spiro atoms. The molecule has 0 fully saturated rings. The summed E-state index contributed by atoms with van der Waals surface area (Å²) in [5.74, 6) is 0.704. The fourth-order valence-corrected chi connectivity index (χ4v) is 1.70. The van der Waals surface area contributed by atoms with Crippen LogP contribution in [0.1, 0.15) is 18.2 Å². The predicted molar refractivity (Wildman–Crippen MR) is 64.6 cm³/mol. The van der Waals surface area contributed by atoms with Gasteiger partial charge in [-0.2, -0.15) is 0 Å². The number of aromatic amines is 1. The maximum atomic E-state index is 5.22. The van der Waals surface area contributed by atoms with Gasteiger partial charge >= 0.3 is 0 Å². The van der Waals surface area contributed by atoms with Crippen LogP contribution in [0.25, 0.3) is 11.5 Å². The highest BCUT2D eigenvalue weighted by Gasteiger charge is 2.05. The Morgan fingerprint density at radius 1 is 1.44 bits per heavy atom. The van der Waals surface area contributed by atoms with E-state index in [0.29, 0.717) is 10.5 Å². The third-order valence-corrected chi connectivity index (χ3v) is 2.83. The van der Waals surface area contributed by atoms with Gasteiger partial charge in [0, 0.05) is 17.5 Å². The molecule has 0 aliphatic heterocycles. The molecule has 2 aromatic rings. The fourth-order valence-electron chi connectivity index (χ4n) is 1.48. The SMILES string of the molecule is CCc1[nH]c(-c2ccncn2)nc(=S)c1C. The third-order valence-electron chi connectivity index (χ3n) is 2.43. The third kappa shape index (κ3) is 1.99. The highest BCUT2D eigenvalue weighted by atomic mass is 32.1. The van der Waals surface area contributed by atoms with E-state index in [0.717, 1.165) is 23.4 Å². The van der Waals surface area contributed by atoms with Crippen molar-refractivity contribution in [3.05, 3.63) is 34.5 Å². The topological polar surface area (TPSA) is 54.5 Å². The molecule has 16 heavy (non-hydrogen) atoms. The molecule has 2 aromatic heterocycles. The van der Waals surface area contributed by atoms with E-state index in [9.17, 15) is 0 Å². The minimum absolute atomic E-state index is 0.629. The number of hydrogen-bond donors (Lipinski definition) is 1. The standard InChI is InChI=1S/C11H12N4S/c1-3-8-7(2)11(16)15-10(14-8)9-4-5-12-6-13-9/h4-6H,3H2,1-2H3,(H,14,15,16). The molecule has 82 valence electrons. The summed E-state index contributed by atoms with van der Waals surface area (Å²) in [6.45, 7) is 4.06. The van der Waals surface area contributed by atoms with E-state index in [-0.39, 0.29) is 0 Å². The molecule has 0 aliphatic carbocycles. The molecule has 2 heterocycles. The van der Waals surface area contributed by atoms with E-state index in [4.69, 9.17) is 12.2 Å². The van der Waals surface area contributed by atoms with Crippen LogP contribution in [0.15, 0.2) is 18.6 Å². The van der Waals surface area contributed by atoms with Crippen LogP contribution in [0.3, 0.4) is 0 Å². The zero-order valence-electron chi connectivity index (χ0n) is 9.19. The molecule has 0 aromatic carbocycles. The Labute approximate surface area is 98.8 Å². The van der Waals surface area contributed by atoms with Gasteiger partial charge in [-0.3, -0.25) is 0 Å². The lowest BCUT2D eigenvalue weighted by Crippen LogP contribution is -2.00. The Balaban J connectivity index is 2.60. The molecule has 0 amide bonds. The van der Waals surface area contributed by atoms with Gasteiger partial charge in [-0.05, 0) is 19.4 Å². The Hall–Kier alpha value is -1.62. The van der Waals surface area contributed by atoms with Crippen LogP contribution in [-0.2, 0) is 6.42 Å². The Morgan fingerprint density at radius 3 is 2.88 bits per heavy atom. The Morgan fingerprint density at radius 2 is 2.25 bits per heavy atom. The van der Waals surface area contributed by atoms with Gasteiger partial charge in [0.05, 0.1) is 0 Å². The molecular weight excluding hydrogens is 220 g/mol. The van der Waals surface area contributed by atoms with E-state index in [2.05, 4.69) is 26.9 Å². The van der Waals surface area contributed by atoms with E-state index in [1.54, 1.807) is 6.20 Å². The van der Waals surface area contributed by atoms with Crippen LogP contribution < -0.4 is 0 Å². The zero-order chi connectivity index (χ0) is 11.5. The molecule has 0 bridgehead atoms. The van der Waals surface area contributed by atoms with Crippen LogP contribution in [0.2, 0.25) is 0 Å². The Kier molecular flexibility index (Phi) is 3.05. The summed E-state index contributed by atoms with van der Waals surface area (Å²) in [4.78, 5) is 15.6. The summed E-state index contributed by atoms with van der Waals surface area (Å²) in [6.07, 6.45) is 4.09. The van der Waals surface area contributed by atoms with Crippen LogP contribution in [0.5, 0.6) is 0 Å². The largest absolute Gasteiger partial charge is 0.342 e. The van der Waals surface area contributed by atoms with Gasteiger partial charge in [-0.1, -0.05) is 19.1 Å². The van der Waals surface area contributed by atoms with Crippen LogP contribution in [-0.4, -0.2) is 19.9 Å². The summed E-state index contributed by atoms with van der Waals surface area (Å²) in [5, 5.41) is 0. The van der Waals surface area contributed by atoms with Gasteiger partial charge < -0.3 is 4.98 Å². The van der Waals surface area contributed by atoms with Gasteiger partial charge in [0.1, 0.15) is 16.7 Å². The lowest BCUT2D eigenvalue weighted by molar-refractivity contribution is 0.960. The lowest BCUT2D eigenvalue weighted by Gasteiger charge is -2.06. The number of nitrogens with one attached hydrogen (secondary N) is 1. The highest BCUT2D eigenvalue weighted by molar-refractivity contribution is 7.71. The van der Waals surface area contributed by atoms with Gasteiger partial charge in [-0.25, -0.2) is 15.0 Å². The summed E-state index contributed by atoms with van der Waals surface area (Å²) >= 11 is 5.22. The second-order valence-corrected chi connectivity index (χ2v) is 3.83. The van der Waals surface area contributed by atoms with Gasteiger partial charge in [0.2, 0.25) is 0 Å². The van der Waals surface area contributed by atoms with Gasteiger partial charge in [-0.15, -0.1) is 0 Å². The number of nitrogens with zero attached hydrogens (tertiary/aromatic N) is 3. The van der Waals surface area contributed by atoms with Crippen molar-refractivity contribution < 1.29 is 0 Å². The van der Waals surface area contributed by atoms with Crippen molar-refractivity contribution in [1.29, 1.82) is 0 Å². The molecule has 2 rings (SSSR count). The number of aryl methyl sites for hydroxylation is 1. The average molecular weight is 232 g/mol. The van der Waals surface area contributed by atoms with Crippen molar-refractivity contribution in [2.24, 2.45) is 0 Å². The second kappa shape index (κ2) is 4.49. The van der Waals surface area contributed by atoms with Crippen molar-refractivity contribution in [2.75, 3.05) is 0 Å². The molecule has 4 nitrogen and oxygen atoms in total. The van der Waals surface area contributed by atoms with Crippen LogP contribution in [0, 0.1) is 11.6 Å². The minimum atomic E-state index is 0.629. The molecule has 0 unspecified atom stereocenters. The Bertz CT molecular complexity index is 548. The first-order chi connectivity index (χ1) is 7.72. The molecule has 0 saturated heterocycles. The van der Waals surface area contributed by atoms with Crippen molar-refractivity contribution in [2.45, 2.75) is 20.3 Å². The average Bonchev–Trinajstić information content (AvgIpc) is 2.33. The molecule has 0 atom stereocenters. The quantitative estimate of drug-likeness (QED) is 0.808. The monoisotopic (exact) mass is 232 g/mol. The number of rotatable bonds is 2. The van der Waals surface area contributed by atoms with Gasteiger partial charge in [0.15, 0.2) is 5.82 Å². The van der Waals surface area contributed by atoms with Crippen molar-refractivity contribution in [3.63, 3.8) is 0 Å².